The minimum Gasteiger partial charge on any atom is -0.393 e. The smallest absolute Gasteiger partial charge is 0.393 e. The topological polar surface area (TPSA) is 70.1 Å². The molecule has 0 fully saturated rings. The van der Waals surface area contributed by atoms with Gasteiger partial charge in [-0.15, -0.1) is 0 Å². The van der Waals surface area contributed by atoms with E-state index in [2.05, 4.69) is 20.6 Å². The summed E-state index contributed by atoms with van der Waals surface area (Å²) in [6, 6.07) is 1.40. The van der Waals surface area contributed by atoms with Gasteiger partial charge in [-0.1, -0.05) is 0 Å². The second-order valence-corrected chi connectivity index (χ2v) is 4.13. The van der Waals surface area contributed by atoms with Crippen LogP contribution in [0.15, 0.2) is 6.07 Å². The number of aromatic nitrogens is 2. The molecule has 0 aliphatic heterocycles. The molecule has 0 saturated heterocycles. The fourth-order valence-electron chi connectivity index (χ4n) is 1.41. The Morgan fingerprint density at radius 2 is 1.95 bits per heavy atom. The van der Waals surface area contributed by atoms with Crippen LogP contribution in [0.2, 0.25) is 0 Å². The van der Waals surface area contributed by atoms with E-state index >= 15 is 0 Å². The predicted octanol–water partition coefficient (Wildman–Crippen LogP) is 2.11. The molecule has 3 N–H and O–H groups in total. The summed E-state index contributed by atoms with van der Waals surface area (Å²) < 4.78 is 37.7. The van der Waals surface area contributed by atoms with Crippen LogP contribution in [0, 0.1) is 0 Å². The van der Waals surface area contributed by atoms with Gasteiger partial charge < -0.3 is 15.7 Å². The number of hydrogen-bond donors (Lipinski definition) is 3. The summed E-state index contributed by atoms with van der Waals surface area (Å²) in [6.45, 7) is 2.09. The van der Waals surface area contributed by atoms with Crippen LogP contribution in [0.4, 0.5) is 24.8 Å². The molecular weight excluding hydrogens is 261 g/mol. The lowest BCUT2D eigenvalue weighted by Gasteiger charge is -2.11. The van der Waals surface area contributed by atoms with E-state index < -0.39 is 18.1 Å². The van der Waals surface area contributed by atoms with E-state index in [0.717, 1.165) is 0 Å². The molecule has 5 nitrogen and oxygen atoms in total. The highest BCUT2D eigenvalue weighted by Gasteiger charge is 2.35. The van der Waals surface area contributed by atoms with Crippen molar-refractivity contribution in [2.75, 3.05) is 24.2 Å². The molecule has 0 spiro atoms. The van der Waals surface area contributed by atoms with Gasteiger partial charge in [0.1, 0.15) is 11.6 Å². The van der Waals surface area contributed by atoms with E-state index in [0.29, 0.717) is 19.4 Å². The lowest BCUT2D eigenvalue weighted by atomic mass is 10.2. The van der Waals surface area contributed by atoms with E-state index in [-0.39, 0.29) is 11.6 Å². The Balaban J connectivity index is 2.72. The van der Waals surface area contributed by atoms with Gasteiger partial charge in [-0.2, -0.15) is 13.2 Å². The van der Waals surface area contributed by atoms with Gasteiger partial charge in [0.15, 0.2) is 0 Å². The highest BCUT2D eigenvalue weighted by Crippen LogP contribution is 2.28. The van der Waals surface area contributed by atoms with Crippen LogP contribution >= 0.6 is 0 Å². The Morgan fingerprint density at radius 3 is 2.47 bits per heavy atom. The summed E-state index contributed by atoms with van der Waals surface area (Å²) >= 11 is 0. The number of anilines is 2. The molecule has 0 amide bonds. The Hall–Kier alpha value is -1.57. The Labute approximate surface area is 109 Å². The first-order valence-corrected chi connectivity index (χ1v) is 5.89. The van der Waals surface area contributed by atoms with Gasteiger partial charge in [0.05, 0.1) is 6.10 Å². The molecule has 0 aliphatic carbocycles. The molecule has 1 aromatic rings. The maximum atomic E-state index is 12.6. The van der Waals surface area contributed by atoms with Crippen molar-refractivity contribution in [1.29, 1.82) is 0 Å². The number of aliphatic hydroxyl groups excluding tert-OH is 1. The molecule has 0 radical (unpaired) electrons. The van der Waals surface area contributed by atoms with Crippen molar-refractivity contribution in [3.05, 3.63) is 11.9 Å². The van der Waals surface area contributed by atoms with Gasteiger partial charge in [-0.25, -0.2) is 9.97 Å². The molecule has 19 heavy (non-hydrogen) atoms. The fraction of sp³-hybridized carbons (Fsp3) is 0.636. The summed E-state index contributed by atoms with van der Waals surface area (Å²) in [7, 11) is 1.49. The average molecular weight is 278 g/mol. The quantitative estimate of drug-likeness (QED) is 0.695. The number of nitrogens with one attached hydrogen (secondary N) is 2. The van der Waals surface area contributed by atoms with Crippen LogP contribution in [0.5, 0.6) is 0 Å². The number of halogens is 3. The number of hydrogen-bond acceptors (Lipinski definition) is 5. The summed E-state index contributed by atoms with van der Waals surface area (Å²) in [5, 5.41) is 14.4. The van der Waals surface area contributed by atoms with Crippen molar-refractivity contribution in [2.45, 2.75) is 32.0 Å². The predicted molar refractivity (Wildman–Crippen MR) is 66.0 cm³/mol. The number of alkyl halides is 3. The van der Waals surface area contributed by atoms with Crippen molar-refractivity contribution in [3.8, 4) is 0 Å². The highest BCUT2D eigenvalue weighted by atomic mass is 19.4. The van der Waals surface area contributed by atoms with Crippen LogP contribution in [0.3, 0.4) is 0 Å². The number of nitrogens with zero attached hydrogens (tertiary/aromatic N) is 2. The molecule has 1 unspecified atom stereocenters. The number of aliphatic hydroxyl groups is 1. The first-order chi connectivity index (χ1) is 8.82. The van der Waals surface area contributed by atoms with Crippen LogP contribution in [0.25, 0.3) is 0 Å². The highest BCUT2D eigenvalue weighted by molar-refractivity contribution is 5.47. The van der Waals surface area contributed by atoms with Gasteiger partial charge in [0, 0.05) is 19.7 Å². The van der Waals surface area contributed by atoms with Gasteiger partial charge in [-0.05, 0) is 19.8 Å². The van der Waals surface area contributed by atoms with Crippen LogP contribution in [-0.4, -0.2) is 34.8 Å². The van der Waals surface area contributed by atoms with E-state index in [1.54, 1.807) is 6.92 Å². The van der Waals surface area contributed by atoms with Crippen molar-refractivity contribution < 1.29 is 18.3 Å². The molecular formula is C11H17F3N4O. The maximum Gasteiger partial charge on any atom is 0.451 e. The van der Waals surface area contributed by atoms with Crippen LogP contribution in [0.1, 0.15) is 25.6 Å². The molecule has 1 heterocycles. The van der Waals surface area contributed by atoms with Crippen molar-refractivity contribution >= 4 is 11.6 Å². The zero-order valence-electron chi connectivity index (χ0n) is 10.8. The Bertz CT molecular complexity index is 409. The third-order valence-electron chi connectivity index (χ3n) is 2.34. The van der Waals surface area contributed by atoms with Gasteiger partial charge in [0.2, 0.25) is 5.82 Å². The molecule has 1 atom stereocenters. The average Bonchev–Trinajstić information content (AvgIpc) is 2.33. The Morgan fingerprint density at radius 1 is 1.32 bits per heavy atom. The van der Waals surface area contributed by atoms with Crippen molar-refractivity contribution in [2.24, 2.45) is 0 Å². The monoisotopic (exact) mass is 278 g/mol. The summed E-state index contributed by atoms with van der Waals surface area (Å²) in [5.41, 5.74) is 0. The minimum atomic E-state index is -4.58. The molecule has 8 heteroatoms. The lowest BCUT2D eigenvalue weighted by molar-refractivity contribution is -0.144. The molecule has 108 valence electrons. The Kier molecular flexibility index (Phi) is 5.34. The molecule has 0 saturated carbocycles. The first-order valence-electron chi connectivity index (χ1n) is 5.89. The zero-order valence-corrected chi connectivity index (χ0v) is 10.8. The maximum absolute atomic E-state index is 12.6. The fourth-order valence-corrected chi connectivity index (χ4v) is 1.41. The summed E-state index contributed by atoms with van der Waals surface area (Å²) in [5.74, 6) is -0.977. The normalized spacial score (nSPS) is 13.2. The van der Waals surface area contributed by atoms with E-state index in [4.69, 9.17) is 5.11 Å². The SMILES string of the molecule is CNc1cc(NCCCC(C)O)nc(C(F)(F)F)n1. The largest absolute Gasteiger partial charge is 0.451 e. The second-order valence-electron chi connectivity index (χ2n) is 4.13. The van der Waals surface area contributed by atoms with Crippen molar-refractivity contribution in [3.63, 3.8) is 0 Å². The molecule has 0 aliphatic rings. The standard InChI is InChI=1S/C11H17F3N4O/c1-7(19)4-3-5-16-9-6-8(15-2)17-10(18-9)11(12,13)14/h6-7,19H,3-5H2,1-2H3,(H2,15,16,17,18). The summed E-state index contributed by atoms with van der Waals surface area (Å²) in [6.07, 6.45) is -3.80. The summed E-state index contributed by atoms with van der Waals surface area (Å²) in [4.78, 5) is 6.77. The molecule has 0 bridgehead atoms. The van der Waals surface area contributed by atoms with E-state index in [9.17, 15) is 13.2 Å². The van der Waals surface area contributed by atoms with Gasteiger partial charge >= 0.3 is 6.18 Å². The minimum absolute atomic E-state index is 0.0975. The van der Waals surface area contributed by atoms with Crippen molar-refractivity contribution in [1.82, 2.24) is 9.97 Å². The second kappa shape index (κ2) is 6.55. The number of rotatable bonds is 6. The van der Waals surface area contributed by atoms with Crippen LogP contribution in [-0.2, 0) is 6.18 Å². The first kappa shape index (κ1) is 15.5. The third-order valence-corrected chi connectivity index (χ3v) is 2.34. The van der Waals surface area contributed by atoms with Crippen LogP contribution < -0.4 is 10.6 Å². The van der Waals surface area contributed by atoms with E-state index in [1.807, 2.05) is 0 Å². The van der Waals surface area contributed by atoms with Gasteiger partial charge in [-0.3, -0.25) is 0 Å². The van der Waals surface area contributed by atoms with Gasteiger partial charge in [0.25, 0.3) is 0 Å². The molecule has 1 rings (SSSR count). The lowest BCUT2D eigenvalue weighted by Crippen LogP contribution is -2.15. The molecule has 0 aromatic carbocycles. The molecule has 1 aromatic heterocycles. The van der Waals surface area contributed by atoms with E-state index in [1.165, 1.54) is 13.1 Å². The zero-order chi connectivity index (χ0) is 14.5. The third kappa shape index (κ3) is 5.29.